The smallest absolute Gasteiger partial charge is 0.188 e. The maximum Gasteiger partial charge on any atom is 0.188 e. The molecule has 0 radical (unpaired) electrons. The van der Waals surface area contributed by atoms with Crippen molar-refractivity contribution < 1.29 is 18.7 Å². The minimum Gasteiger partial charge on any atom is -0.503 e. The summed E-state index contributed by atoms with van der Waals surface area (Å²) in [5, 5.41) is 9.87. The lowest BCUT2D eigenvalue weighted by molar-refractivity contribution is 0.0815. The van der Waals surface area contributed by atoms with Crippen molar-refractivity contribution in [1.82, 2.24) is 4.98 Å². The minimum atomic E-state index is -1.02. The molecule has 2 aromatic rings. The van der Waals surface area contributed by atoms with Crippen LogP contribution in [0.4, 0.5) is 8.78 Å². The Morgan fingerprint density at radius 1 is 1.39 bits per heavy atom. The Labute approximate surface area is 137 Å². The molecule has 122 valence electrons. The third-order valence-electron chi connectivity index (χ3n) is 4.38. The van der Waals surface area contributed by atoms with Crippen LogP contribution < -0.4 is 0 Å². The molecule has 0 aliphatic heterocycles. The summed E-state index contributed by atoms with van der Waals surface area (Å²) < 4.78 is 27.9. The van der Waals surface area contributed by atoms with Crippen LogP contribution in [0, 0.1) is 17.0 Å². The van der Waals surface area contributed by atoms with Gasteiger partial charge < -0.3 is 5.11 Å². The second kappa shape index (κ2) is 5.37. The number of aryl methyl sites for hydroxylation is 1. The molecular weight excluding hydrogens is 320 g/mol. The van der Waals surface area contributed by atoms with E-state index in [0.29, 0.717) is 40.4 Å². The third-order valence-corrected chi connectivity index (χ3v) is 5.51. The summed E-state index contributed by atoms with van der Waals surface area (Å²) in [7, 11) is 0. The zero-order valence-electron chi connectivity index (χ0n) is 13.2. The Bertz CT molecular complexity index is 811. The number of fused-ring (bicyclic) bond motifs is 1. The molecule has 23 heavy (non-hydrogen) atoms. The Balaban J connectivity index is 2.17. The van der Waals surface area contributed by atoms with Gasteiger partial charge in [-0.25, -0.2) is 13.8 Å². The number of phenols is 1. The monoisotopic (exact) mass is 337 g/mol. The maximum absolute atomic E-state index is 14.1. The lowest BCUT2D eigenvalue weighted by Crippen LogP contribution is -2.29. The molecule has 1 aliphatic carbocycles. The van der Waals surface area contributed by atoms with Crippen LogP contribution in [-0.4, -0.2) is 15.9 Å². The summed E-state index contributed by atoms with van der Waals surface area (Å²) in [5.74, 6) is -2.92. The van der Waals surface area contributed by atoms with Gasteiger partial charge in [-0.1, -0.05) is 20.8 Å². The van der Waals surface area contributed by atoms with E-state index in [1.807, 2.05) is 13.8 Å². The molecule has 0 saturated carbocycles. The average Bonchev–Trinajstić information content (AvgIpc) is 2.93. The van der Waals surface area contributed by atoms with Crippen molar-refractivity contribution >= 4 is 17.1 Å². The molecule has 1 aromatic carbocycles. The highest BCUT2D eigenvalue weighted by atomic mass is 32.1. The number of nitrogens with zero attached hydrogens (tertiary/aromatic N) is 1. The van der Waals surface area contributed by atoms with Crippen molar-refractivity contribution in [3.05, 3.63) is 33.8 Å². The number of carbonyl (C=O) groups excluding carboxylic acids is 1. The molecular formula is C17H17F2NO2S. The van der Waals surface area contributed by atoms with Crippen molar-refractivity contribution in [3.63, 3.8) is 0 Å². The fraction of sp³-hybridized carbons (Fsp3) is 0.412. The standard InChI is InChI=1S/C17H17F2NO2S/c1-4-8-9(7-10(18)13(21)12(8)19)16-20-11-5-6-17(2,3)15(22)14(11)23-16/h7,21H,4-6H2,1-3H3. The average molecular weight is 337 g/mol. The van der Waals surface area contributed by atoms with Gasteiger partial charge in [0.2, 0.25) is 0 Å². The van der Waals surface area contributed by atoms with E-state index in [4.69, 9.17) is 0 Å². The van der Waals surface area contributed by atoms with E-state index in [1.165, 1.54) is 11.3 Å². The Morgan fingerprint density at radius 2 is 2.09 bits per heavy atom. The van der Waals surface area contributed by atoms with Crippen LogP contribution in [0.25, 0.3) is 10.6 Å². The highest BCUT2D eigenvalue weighted by molar-refractivity contribution is 7.17. The summed E-state index contributed by atoms with van der Waals surface area (Å²) in [5.41, 5.74) is 0.785. The fourth-order valence-electron chi connectivity index (χ4n) is 2.85. The summed E-state index contributed by atoms with van der Waals surface area (Å²) in [6.07, 6.45) is 1.68. The first-order valence-corrected chi connectivity index (χ1v) is 8.32. The largest absolute Gasteiger partial charge is 0.503 e. The van der Waals surface area contributed by atoms with Crippen LogP contribution in [0.2, 0.25) is 0 Å². The lowest BCUT2D eigenvalue weighted by atomic mass is 9.78. The number of hydrogen-bond donors (Lipinski definition) is 1. The summed E-state index contributed by atoms with van der Waals surface area (Å²) in [4.78, 5) is 17.5. The maximum atomic E-state index is 14.1. The van der Waals surface area contributed by atoms with Crippen molar-refractivity contribution in [1.29, 1.82) is 0 Å². The predicted molar refractivity (Wildman–Crippen MR) is 84.9 cm³/mol. The SMILES string of the molecule is CCc1c(-c2nc3c(s2)C(=O)C(C)(C)CC3)cc(F)c(O)c1F. The second-order valence-corrected chi connectivity index (χ2v) is 7.41. The summed E-state index contributed by atoms with van der Waals surface area (Å²) in [6.45, 7) is 5.52. The van der Waals surface area contributed by atoms with Gasteiger partial charge in [0.15, 0.2) is 23.2 Å². The van der Waals surface area contributed by atoms with Gasteiger partial charge in [0, 0.05) is 16.5 Å². The molecule has 1 aliphatic rings. The van der Waals surface area contributed by atoms with Crippen molar-refractivity contribution in [2.45, 2.75) is 40.0 Å². The molecule has 0 saturated heterocycles. The number of hydrogen-bond acceptors (Lipinski definition) is 4. The topological polar surface area (TPSA) is 50.2 Å². The Kier molecular flexibility index (Phi) is 3.75. The Hall–Kier alpha value is -1.82. The number of Topliss-reactive ketones (excluding diaryl/α,β-unsaturated/α-hetero) is 1. The van der Waals surface area contributed by atoms with Crippen molar-refractivity contribution in [2.75, 3.05) is 0 Å². The van der Waals surface area contributed by atoms with E-state index in [-0.39, 0.29) is 11.3 Å². The van der Waals surface area contributed by atoms with E-state index < -0.39 is 22.8 Å². The van der Waals surface area contributed by atoms with E-state index in [1.54, 1.807) is 6.92 Å². The first-order valence-electron chi connectivity index (χ1n) is 7.51. The number of halogens is 2. The van der Waals surface area contributed by atoms with Gasteiger partial charge in [-0.05, 0) is 25.3 Å². The number of aromatic hydroxyl groups is 1. The molecule has 0 spiro atoms. The van der Waals surface area contributed by atoms with Crippen LogP contribution in [0.3, 0.4) is 0 Å². The normalized spacial score (nSPS) is 16.5. The lowest BCUT2D eigenvalue weighted by Gasteiger charge is -2.26. The molecule has 0 bridgehead atoms. The number of thiazole rings is 1. The van der Waals surface area contributed by atoms with Gasteiger partial charge in [-0.15, -0.1) is 11.3 Å². The van der Waals surface area contributed by atoms with Crippen LogP contribution in [0.15, 0.2) is 6.07 Å². The van der Waals surface area contributed by atoms with Crippen molar-refractivity contribution in [3.8, 4) is 16.3 Å². The van der Waals surface area contributed by atoms with Crippen LogP contribution >= 0.6 is 11.3 Å². The second-order valence-electron chi connectivity index (χ2n) is 6.41. The molecule has 3 nitrogen and oxygen atoms in total. The molecule has 1 N–H and O–H groups in total. The number of benzene rings is 1. The van der Waals surface area contributed by atoms with E-state index in [2.05, 4.69) is 4.98 Å². The van der Waals surface area contributed by atoms with Gasteiger partial charge >= 0.3 is 0 Å². The quantitative estimate of drug-likeness (QED) is 0.877. The number of phenolic OH excluding ortho intramolecular Hbond substituents is 1. The molecule has 3 rings (SSSR count). The molecule has 0 unspecified atom stereocenters. The molecule has 0 amide bonds. The first-order chi connectivity index (χ1) is 10.8. The Morgan fingerprint density at radius 3 is 2.74 bits per heavy atom. The zero-order chi connectivity index (χ0) is 16.9. The van der Waals surface area contributed by atoms with Gasteiger partial charge in [0.25, 0.3) is 0 Å². The molecule has 6 heteroatoms. The molecule has 1 heterocycles. The zero-order valence-corrected chi connectivity index (χ0v) is 14.0. The number of aromatic nitrogens is 1. The number of carbonyl (C=O) groups is 1. The third kappa shape index (κ3) is 2.45. The molecule has 0 atom stereocenters. The van der Waals surface area contributed by atoms with Crippen molar-refractivity contribution in [2.24, 2.45) is 5.41 Å². The van der Waals surface area contributed by atoms with E-state index in [9.17, 15) is 18.7 Å². The van der Waals surface area contributed by atoms with E-state index >= 15 is 0 Å². The number of ketones is 1. The minimum absolute atomic E-state index is 0.0280. The predicted octanol–water partition coefficient (Wildman–Crippen LogP) is 4.51. The van der Waals surface area contributed by atoms with Gasteiger partial charge in [0.05, 0.1) is 10.6 Å². The van der Waals surface area contributed by atoms with Gasteiger partial charge in [0.1, 0.15) is 5.01 Å². The first kappa shape index (κ1) is 16.1. The van der Waals surface area contributed by atoms with Gasteiger partial charge in [-0.2, -0.15) is 0 Å². The highest BCUT2D eigenvalue weighted by Crippen LogP contribution is 2.41. The van der Waals surface area contributed by atoms with E-state index in [0.717, 1.165) is 6.07 Å². The van der Waals surface area contributed by atoms with Crippen LogP contribution in [0.5, 0.6) is 5.75 Å². The fourth-order valence-corrected chi connectivity index (χ4v) is 4.13. The highest BCUT2D eigenvalue weighted by Gasteiger charge is 2.37. The number of rotatable bonds is 2. The summed E-state index contributed by atoms with van der Waals surface area (Å²) >= 11 is 1.18. The van der Waals surface area contributed by atoms with Crippen LogP contribution in [-0.2, 0) is 12.8 Å². The molecule has 1 aromatic heterocycles. The summed E-state index contributed by atoms with van der Waals surface area (Å²) in [6, 6.07) is 1.09. The van der Waals surface area contributed by atoms with Crippen LogP contribution in [0.1, 0.15) is 48.1 Å². The molecule has 0 fully saturated rings. The van der Waals surface area contributed by atoms with Gasteiger partial charge in [-0.3, -0.25) is 4.79 Å².